The van der Waals surface area contributed by atoms with Crippen molar-refractivity contribution in [2.45, 2.75) is 39.4 Å². The molecule has 1 unspecified atom stereocenters. The first-order chi connectivity index (χ1) is 24.1. The molecule has 2 aromatic carbocycles. The van der Waals surface area contributed by atoms with Crippen molar-refractivity contribution in [3.8, 4) is 34.3 Å². The van der Waals surface area contributed by atoms with Gasteiger partial charge in [-0.2, -0.15) is 0 Å². The Morgan fingerprint density at radius 2 is 1.42 bits per heavy atom. The summed E-state index contributed by atoms with van der Waals surface area (Å²) in [6, 6.07) is 15.0. The number of carbonyl (C=O) groups is 2. The number of fused-ring (bicyclic) bond motifs is 1. The molecule has 0 radical (unpaired) electrons. The van der Waals surface area contributed by atoms with E-state index in [9.17, 15) is 9.59 Å². The lowest BCUT2D eigenvalue weighted by atomic mass is 10.0. The summed E-state index contributed by atoms with van der Waals surface area (Å²) >= 11 is 0. The zero-order chi connectivity index (χ0) is 35.9. The fourth-order valence-electron chi connectivity index (χ4n) is 5.80. The van der Waals surface area contributed by atoms with Crippen LogP contribution in [0.1, 0.15) is 30.5 Å². The number of hydrogen-bond acceptors (Lipinski definition) is 10. The van der Waals surface area contributed by atoms with E-state index >= 15 is 0 Å². The molecule has 0 bridgehead atoms. The molecule has 0 saturated carbocycles. The molecule has 3 amide bonds. The second-order valence-corrected chi connectivity index (χ2v) is 11.5. The molecule has 0 aliphatic heterocycles. The molecule has 0 aliphatic rings. The van der Waals surface area contributed by atoms with Crippen molar-refractivity contribution in [1.82, 2.24) is 15.0 Å². The predicted octanol–water partition coefficient (Wildman–Crippen LogP) is 5.25. The molecule has 3 heterocycles. The zero-order valence-electron chi connectivity index (χ0n) is 29.0. The maximum absolute atomic E-state index is 12.6. The summed E-state index contributed by atoms with van der Waals surface area (Å²) in [6.07, 6.45) is 5.90. The Labute approximate surface area is 290 Å². The molecule has 13 nitrogen and oxygen atoms in total. The molecule has 0 saturated heterocycles. The Kier molecular flexibility index (Phi) is 10.8. The van der Waals surface area contributed by atoms with Gasteiger partial charge in [0.25, 0.3) is 0 Å². The minimum absolute atomic E-state index is 0.168. The van der Waals surface area contributed by atoms with Gasteiger partial charge in [-0.05, 0) is 66.8 Å². The molecule has 13 heteroatoms. The first-order valence-corrected chi connectivity index (χ1v) is 15.9. The Hall–Kier alpha value is -6.11. The maximum atomic E-state index is 12.6. The van der Waals surface area contributed by atoms with Gasteiger partial charge in [0.2, 0.25) is 5.91 Å². The average Bonchev–Trinajstić information content (AvgIpc) is 3.13. The Bertz CT molecular complexity index is 1960. The highest BCUT2D eigenvalue weighted by molar-refractivity contribution is 6.01. The minimum atomic E-state index is -1.04. The highest BCUT2D eigenvalue weighted by atomic mass is 16.5. The van der Waals surface area contributed by atoms with E-state index in [0.717, 1.165) is 33.6 Å². The van der Waals surface area contributed by atoms with Crippen molar-refractivity contribution in [3.63, 3.8) is 0 Å². The van der Waals surface area contributed by atoms with Gasteiger partial charge in [0.15, 0.2) is 0 Å². The number of carbonyl (C=O) groups excluding carboxylic acids is 2. The number of aryl methyl sites for hydroxylation is 1. The van der Waals surface area contributed by atoms with Gasteiger partial charge in [0.1, 0.15) is 40.7 Å². The molecule has 50 heavy (non-hydrogen) atoms. The second kappa shape index (κ2) is 15.4. The van der Waals surface area contributed by atoms with Crippen molar-refractivity contribution < 1.29 is 28.5 Å². The standard InChI is InChI=1S/C37H41N7O6/c1-7-23-12-13-40-18-29(23)31-14-26-15-34(44(37(39)46)22(2)35(38)45)41-19-30(26)36(42-31)43(20-24-8-10-27(47-3)16-32(24)49-5)21-25-9-11-28(48-4)17-33(25)50-6/h8-19,22H,7,20-21H2,1-6H3,(H2,38,45)(H2,39,46). The van der Waals surface area contributed by atoms with E-state index in [2.05, 4.69) is 21.8 Å². The molecular weight excluding hydrogens is 638 g/mol. The summed E-state index contributed by atoms with van der Waals surface area (Å²) in [6.45, 7) is 4.28. The number of aromatic nitrogens is 3. The van der Waals surface area contributed by atoms with Gasteiger partial charge in [-0.3, -0.25) is 14.7 Å². The SMILES string of the molecule is CCc1ccncc1-c1cc2cc(N(C(N)=O)C(C)C(N)=O)ncc2c(N(Cc2ccc(OC)cc2OC)Cc2ccc(OC)cc2OC)n1. The number of nitrogens with two attached hydrogens (primary N) is 2. The maximum Gasteiger partial charge on any atom is 0.321 e. The van der Waals surface area contributed by atoms with E-state index in [-0.39, 0.29) is 5.82 Å². The van der Waals surface area contributed by atoms with Crippen molar-refractivity contribution in [1.29, 1.82) is 0 Å². The molecule has 3 aromatic heterocycles. The molecule has 4 N–H and O–H groups in total. The Morgan fingerprint density at radius 3 is 1.94 bits per heavy atom. The van der Waals surface area contributed by atoms with Crippen LogP contribution in [0.25, 0.3) is 22.0 Å². The average molecular weight is 680 g/mol. The summed E-state index contributed by atoms with van der Waals surface area (Å²) < 4.78 is 22.5. The number of hydrogen-bond donors (Lipinski definition) is 2. The van der Waals surface area contributed by atoms with Crippen LogP contribution in [-0.2, 0) is 24.3 Å². The van der Waals surface area contributed by atoms with Crippen LogP contribution in [0.15, 0.2) is 73.2 Å². The van der Waals surface area contributed by atoms with Crippen LogP contribution in [0.4, 0.5) is 16.4 Å². The Balaban J connectivity index is 1.79. The van der Waals surface area contributed by atoms with Crippen molar-refractivity contribution in [2.75, 3.05) is 38.2 Å². The second-order valence-electron chi connectivity index (χ2n) is 11.5. The van der Waals surface area contributed by atoms with Crippen LogP contribution in [0.2, 0.25) is 0 Å². The summed E-state index contributed by atoms with van der Waals surface area (Å²) in [5.41, 5.74) is 15.6. The number of amides is 3. The van der Waals surface area contributed by atoms with E-state index in [1.54, 1.807) is 53.1 Å². The minimum Gasteiger partial charge on any atom is -0.497 e. The summed E-state index contributed by atoms with van der Waals surface area (Å²) in [5.74, 6) is 2.62. The third-order valence-electron chi connectivity index (χ3n) is 8.54. The number of rotatable bonds is 14. The van der Waals surface area contributed by atoms with Crippen molar-refractivity contribution >= 4 is 34.3 Å². The molecule has 5 rings (SSSR count). The van der Waals surface area contributed by atoms with Gasteiger partial charge in [-0.1, -0.05) is 6.92 Å². The van der Waals surface area contributed by atoms with Crippen LogP contribution in [0.5, 0.6) is 23.0 Å². The largest absolute Gasteiger partial charge is 0.497 e. The fourth-order valence-corrected chi connectivity index (χ4v) is 5.80. The Morgan fingerprint density at radius 1 is 0.800 bits per heavy atom. The fraction of sp³-hybridized carbons (Fsp3) is 0.270. The van der Waals surface area contributed by atoms with E-state index in [1.165, 1.54) is 6.92 Å². The van der Waals surface area contributed by atoms with Gasteiger partial charge < -0.3 is 35.3 Å². The highest BCUT2D eigenvalue weighted by Crippen LogP contribution is 2.37. The van der Waals surface area contributed by atoms with Gasteiger partial charge in [0, 0.05) is 65.9 Å². The van der Waals surface area contributed by atoms with E-state index in [0.29, 0.717) is 58.4 Å². The van der Waals surface area contributed by atoms with E-state index < -0.39 is 18.0 Å². The molecule has 260 valence electrons. The smallest absolute Gasteiger partial charge is 0.321 e. The topological polar surface area (TPSA) is 168 Å². The van der Waals surface area contributed by atoms with Gasteiger partial charge in [-0.15, -0.1) is 0 Å². The first-order valence-electron chi connectivity index (χ1n) is 15.9. The monoisotopic (exact) mass is 679 g/mol. The van der Waals surface area contributed by atoms with Crippen LogP contribution >= 0.6 is 0 Å². The van der Waals surface area contributed by atoms with E-state index in [1.807, 2.05) is 48.5 Å². The van der Waals surface area contributed by atoms with Gasteiger partial charge in [0.05, 0.1) is 34.1 Å². The van der Waals surface area contributed by atoms with Crippen LogP contribution < -0.4 is 40.2 Å². The van der Waals surface area contributed by atoms with Gasteiger partial charge >= 0.3 is 6.03 Å². The molecule has 0 fully saturated rings. The zero-order valence-corrected chi connectivity index (χ0v) is 29.0. The summed E-state index contributed by atoms with van der Waals surface area (Å²) in [5, 5.41) is 1.37. The number of methoxy groups -OCH3 is 4. The van der Waals surface area contributed by atoms with Crippen molar-refractivity contribution in [2.24, 2.45) is 11.5 Å². The number of benzene rings is 2. The van der Waals surface area contributed by atoms with Crippen LogP contribution in [-0.4, -0.2) is 61.4 Å². The molecule has 1 atom stereocenters. The number of urea groups is 1. The summed E-state index contributed by atoms with van der Waals surface area (Å²) in [7, 11) is 6.43. The van der Waals surface area contributed by atoms with E-state index in [4.69, 9.17) is 35.4 Å². The molecule has 5 aromatic rings. The lowest BCUT2D eigenvalue weighted by Crippen LogP contribution is -2.49. The lowest BCUT2D eigenvalue weighted by Gasteiger charge is -2.28. The highest BCUT2D eigenvalue weighted by Gasteiger charge is 2.27. The van der Waals surface area contributed by atoms with Gasteiger partial charge in [-0.25, -0.2) is 14.8 Å². The first kappa shape index (κ1) is 35.2. The summed E-state index contributed by atoms with van der Waals surface area (Å²) in [4.78, 5) is 42.2. The van der Waals surface area contributed by atoms with Crippen LogP contribution in [0.3, 0.4) is 0 Å². The third-order valence-corrected chi connectivity index (χ3v) is 8.54. The number of primary amides is 2. The quantitative estimate of drug-likeness (QED) is 0.158. The predicted molar refractivity (Wildman–Crippen MR) is 192 cm³/mol. The number of ether oxygens (including phenoxy) is 4. The number of pyridine rings is 3. The van der Waals surface area contributed by atoms with Crippen LogP contribution in [0, 0.1) is 0 Å². The molecule has 0 spiro atoms. The number of nitrogens with zero attached hydrogens (tertiary/aromatic N) is 5. The van der Waals surface area contributed by atoms with Crippen molar-refractivity contribution in [3.05, 3.63) is 89.9 Å². The number of anilines is 2. The third kappa shape index (κ3) is 7.31. The normalized spacial score (nSPS) is 11.5. The lowest BCUT2D eigenvalue weighted by molar-refractivity contribution is -0.118. The molecular formula is C37H41N7O6. The molecule has 0 aliphatic carbocycles.